The number of anilines is 1. The number of carboxylic acids is 1. The minimum Gasteiger partial charge on any atom is -0.478 e. The third-order valence-electron chi connectivity index (χ3n) is 3.00. The standard InChI is InChI=1S/C15H13N3O3/c1-9-3-2-4-11(17-9)8-16-15-18-12-6-5-10(14(19)20)7-13(12)21-15/h2-7H,8H2,1H3,(H,16,18)(H,19,20). The van der Waals surface area contributed by atoms with Crippen LogP contribution >= 0.6 is 0 Å². The van der Waals surface area contributed by atoms with Gasteiger partial charge in [0.2, 0.25) is 0 Å². The van der Waals surface area contributed by atoms with Crippen LogP contribution in [0.1, 0.15) is 21.7 Å². The molecule has 3 rings (SSSR count). The molecule has 2 N–H and O–H groups in total. The summed E-state index contributed by atoms with van der Waals surface area (Å²) in [5.74, 6) is -0.994. The molecule has 0 aliphatic heterocycles. The average Bonchev–Trinajstić information content (AvgIpc) is 2.87. The van der Waals surface area contributed by atoms with Crippen molar-refractivity contribution in [3.8, 4) is 0 Å². The van der Waals surface area contributed by atoms with Gasteiger partial charge in [-0.3, -0.25) is 4.98 Å². The number of hydrogen-bond donors (Lipinski definition) is 2. The van der Waals surface area contributed by atoms with E-state index in [0.29, 0.717) is 23.7 Å². The molecular weight excluding hydrogens is 270 g/mol. The molecule has 6 nitrogen and oxygen atoms in total. The Morgan fingerprint density at radius 2 is 2.14 bits per heavy atom. The van der Waals surface area contributed by atoms with Crippen molar-refractivity contribution in [3.63, 3.8) is 0 Å². The molecular formula is C15H13N3O3. The molecule has 0 amide bonds. The number of nitrogens with one attached hydrogen (secondary N) is 1. The lowest BCUT2D eigenvalue weighted by Gasteiger charge is -2.01. The first kappa shape index (κ1) is 13.1. The van der Waals surface area contributed by atoms with Crippen LogP contribution in [0.2, 0.25) is 0 Å². The van der Waals surface area contributed by atoms with E-state index in [1.54, 1.807) is 6.07 Å². The number of pyridine rings is 1. The van der Waals surface area contributed by atoms with E-state index in [0.717, 1.165) is 11.4 Å². The minimum atomic E-state index is -0.994. The smallest absolute Gasteiger partial charge is 0.335 e. The molecule has 0 aliphatic rings. The predicted molar refractivity (Wildman–Crippen MR) is 77.3 cm³/mol. The number of hydrogen-bond acceptors (Lipinski definition) is 5. The van der Waals surface area contributed by atoms with Crippen LogP contribution in [0.3, 0.4) is 0 Å². The highest BCUT2D eigenvalue weighted by Gasteiger charge is 2.09. The predicted octanol–water partition coefficient (Wildman–Crippen LogP) is 2.84. The molecule has 0 aliphatic carbocycles. The maximum absolute atomic E-state index is 10.9. The third kappa shape index (κ3) is 2.84. The number of oxazole rings is 1. The fourth-order valence-electron chi connectivity index (χ4n) is 2.00. The number of aromatic nitrogens is 2. The Labute approximate surface area is 120 Å². The van der Waals surface area contributed by atoms with E-state index in [1.165, 1.54) is 12.1 Å². The molecule has 21 heavy (non-hydrogen) atoms. The fourth-order valence-corrected chi connectivity index (χ4v) is 2.00. The summed E-state index contributed by atoms with van der Waals surface area (Å²) in [6, 6.07) is 10.7. The molecule has 0 unspecified atom stereocenters. The van der Waals surface area contributed by atoms with Crippen LogP contribution in [0.4, 0.5) is 6.01 Å². The Kier molecular flexibility index (Phi) is 3.27. The highest BCUT2D eigenvalue weighted by molar-refractivity contribution is 5.92. The molecule has 0 fully saturated rings. The first-order valence-electron chi connectivity index (χ1n) is 6.42. The monoisotopic (exact) mass is 283 g/mol. The quantitative estimate of drug-likeness (QED) is 0.765. The zero-order chi connectivity index (χ0) is 14.8. The normalized spacial score (nSPS) is 10.7. The largest absolute Gasteiger partial charge is 0.478 e. The minimum absolute atomic E-state index is 0.172. The van der Waals surface area contributed by atoms with Gasteiger partial charge in [-0.25, -0.2) is 4.79 Å². The van der Waals surface area contributed by atoms with Gasteiger partial charge in [0, 0.05) is 5.69 Å². The van der Waals surface area contributed by atoms with Crippen LogP contribution in [-0.2, 0) is 6.54 Å². The molecule has 106 valence electrons. The van der Waals surface area contributed by atoms with E-state index in [4.69, 9.17) is 9.52 Å². The topological polar surface area (TPSA) is 88.2 Å². The van der Waals surface area contributed by atoms with Gasteiger partial charge >= 0.3 is 5.97 Å². The lowest BCUT2D eigenvalue weighted by atomic mass is 10.2. The van der Waals surface area contributed by atoms with Crippen molar-refractivity contribution >= 4 is 23.1 Å². The number of aryl methyl sites for hydroxylation is 1. The maximum atomic E-state index is 10.9. The van der Waals surface area contributed by atoms with E-state index >= 15 is 0 Å². The van der Waals surface area contributed by atoms with Crippen molar-refractivity contribution in [1.82, 2.24) is 9.97 Å². The number of rotatable bonds is 4. The molecule has 0 atom stereocenters. The molecule has 3 aromatic rings. The van der Waals surface area contributed by atoms with Crippen LogP contribution in [0.5, 0.6) is 0 Å². The summed E-state index contributed by atoms with van der Waals surface area (Å²) in [6.45, 7) is 2.41. The van der Waals surface area contributed by atoms with Crippen LogP contribution in [0, 0.1) is 6.92 Å². The summed E-state index contributed by atoms with van der Waals surface area (Å²) in [4.78, 5) is 19.5. The van der Waals surface area contributed by atoms with Crippen molar-refractivity contribution in [3.05, 3.63) is 53.3 Å². The lowest BCUT2D eigenvalue weighted by Crippen LogP contribution is -2.02. The molecule has 0 radical (unpaired) electrons. The molecule has 6 heteroatoms. The van der Waals surface area contributed by atoms with Gasteiger partial charge in [-0.15, -0.1) is 0 Å². The van der Waals surface area contributed by atoms with Gasteiger partial charge in [-0.2, -0.15) is 4.98 Å². The number of aromatic carboxylic acids is 1. The highest BCUT2D eigenvalue weighted by Crippen LogP contribution is 2.20. The van der Waals surface area contributed by atoms with Gasteiger partial charge in [0.15, 0.2) is 5.58 Å². The molecule has 1 aromatic carbocycles. The number of fused-ring (bicyclic) bond motifs is 1. The van der Waals surface area contributed by atoms with Gasteiger partial charge in [-0.05, 0) is 37.3 Å². The highest BCUT2D eigenvalue weighted by atomic mass is 16.4. The van der Waals surface area contributed by atoms with E-state index in [-0.39, 0.29) is 5.56 Å². The second-order valence-electron chi connectivity index (χ2n) is 4.63. The number of carboxylic acid groups (broad SMARTS) is 1. The molecule has 0 saturated heterocycles. The van der Waals surface area contributed by atoms with Crippen LogP contribution in [0.25, 0.3) is 11.1 Å². The maximum Gasteiger partial charge on any atom is 0.335 e. The molecule has 0 saturated carbocycles. The van der Waals surface area contributed by atoms with Crippen molar-refractivity contribution in [2.24, 2.45) is 0 Å². The zero-order valence-electron chi connectivity index (χ0n) is 11.3. The Balaban J connectivity index is 1.80. The van der Waals surface area contributed by atoms with Crippen LogP contribution in [-0.4, -0.2) is 21.0 Å². The Bertz CT molecular complexity index is 811. The number of benzene rings is 1. The second kappa shape index (κ2) is 5.24. The number of carbonyl (C=O) groups is 1. The van der Waals surface area contributed by atoms with Crippen molar-refractivity contribution in [1.29, 1.82) is 0 Å². The lowest BCUT2D eigenvalue weighted by molar-refractivity contribution is 0.0697. The van der Waals surface area contributed by atoms with Crippen LogP contribution in [0.15, 0.2) is 40.8 Å². The third-order valence-corrected chi connectivity index (χ3v) is 3.00. The van der Waals surface area contributed by atoms with Gasteiger partial charge < -0.3 is 14.8 Å². The molecule has 2 heterocycles. The van der Waals surface area contributed by atoms with E-state index in [1.807, 2.05) is 25.1 Å². The van der Waals surface area contributed by atoms with Crippen molar-refractivity contribution in [2.75, 3.05) is 5.32 Å². The van der Waals surface area contributed by atoms with E-state index < -0.39 is 5.97 Å². The van der Waals surface area contributed by atoms with Gasteiger partial charge in [0.1, 0.15) is 5.52 Å². The SMILES string of the molecule is Cc1cccc(CNc2nc3ccc(C(=O)O)cc3o2)n1. The Morgan fingerprint density at radius 3 is 2.90 bits per heavy atom. The zero-order valence-corrected chi connectivity index (χ0v) is 11.3. The Morgan fingerprint density at radius 1 is 1.29 bits per heavy atom. The summed E-state index contributed by atoms with van der Waals surface area (Å²) < 4.78 is 5.50. The summed E-state index contributed by atoms with van der Waals surface area (Å²) >= 11 is 0. The molecule has 2 aromatic heterocycles. The van der Waals surface area contributed by atoms with Gasteiger partial charge in [0.05, 0.1) is 17.8 Å². The fraction of sp³-hybridized carbons (Fsp3) is 0.133. The summed E-state index contributed by atoms with van der Waals surface area (Å²) in [5.41, 5.74) is 3.04. The van der Waals surface area contributed by atoms with E-state index in [9.17, 15) is 4.79 Å². The second-order valence-corrected chi connectivity index (χ2v) is 4.63. The molecule has 0 spiro atoms. The Hall–Kier alpha value is -2.89. The van der Waals surface area contributed by atoms with Gasteiger partial charge in [0.25, 0.3) is 6.01 Å². The van der Waals surface area contributed by atoms with Crippen molar-refractivity contribution < 1.29 is 14.3 Å². The average molecular weight is 283 g/mol. The summed E-state index contributed by atoms with van der Waals surface area (Å²) in [5, 5.41) is 12.0. The van der Waals surface area contributed by atoms with Gasteiger partial charge in [-0.1, -0.05) is 6.07 Å². The first-order chi connectivity index (χ1) is 10.1. The van der Waals surface area contributed by atoms with Crippen molar-refractivity contribution in [2.45, 2.75) is 13.5 Å². The summed E-state index contributed by atoms with van der Waals surface area (Å²) in [6.07, 6.45) is 0. The first-order valence-corrected chi connectivity index (χ1v) is 6.42. The van der Waals surface area contributed by atoms with Crippen LogP contribution < -0.4 is 5.32 Å². The number of nitrogens with zero attached hydrogens (tertiary/aromatic N) is 2. The molecule has 0 bridgehead atoms. The van der Waals surface area contributed by atoms with E-state index in [2.05, 4.69) is 15.3 Å². The summed E-state index contributed by atoms with van der Waals surface area (Å²) in [7, 11) is 0.